The van der Waals surface area contributed by atoms with Crippen LogP contribution in [0, 0.1) is 13.8 Å². The molecule has 0 bridgehead atoms. The van der Waals surface area contributed by atoms with Gasteiger partial charge in [0.15, 0.2) is 0 Å². The first-order valence-corrected chi connectivity index (χ1v) is 5.92. The van der Waals surface area contributed by atoms with Crippen molar-refractivity contribution in [3.63, 3.8) is 0 Å². The van der Waals surface area contributed by atoms with Crippen LogP contribution in [0.15, 0.2) is 18.2 Å². The number of amides is 1. The summed E-state index contributed by atoms with van der Waals surface area (Å²) in [6.07, 6.45) is 0.233. The zero-order valence-electron chi connectivity index (χ0n) is 11.0. The summed E-state index contributed by atoms with van der Waals surface area (Å²) in [4.78, 5) is 13.8. The number of rotatable bonds is 4. The number of carbonyl (C=O) groups is 1. The second-order valence-electron chi connectivity index (χ2n) is 4.68. The molecule has 17 heavy (non-hydrogen) atoms. The van der Waals surface area contributed by atoms with Crippen LogP contribution in [0.25, 0.3) is 0 Å². The zero-order valence-corrected chi connectivity index (χ0v) is 11.0. The van der Waals surface area contributed by atoms with Crippen molar-refractivity contribution in [2.24, 2.45) is 0 Å². The van der Waals surface area contributed by atoms with Crippen molar-refractivity contribution in [3.8, 4) is 0 Å². The van der Waals surface area contributed by atoms with E-state index in [1.165, 1.54) is 0 Å². The summed E-state index contributed by atoms with van der Waals surface area (Å²) in [5.41, 5.74) is 2.90. The van der Waals surface area contributed by atoms with Crippen LogP contribution in [0.1, 0.15) is 34.8 Å². The smallest absolute Gasteiger partial charge is 0.253 e. The van der Waals surface area contributed by atoms with Gasteiger partial charge in [0, 0.05) is 19.2 Å². The highest BCUT2D eigenvalue weighted by Crippen LogP contribution is 2.13. The molecule has 0 spiro atoms. The first-order valence-electron chi connectivity index (χ1n) is 5.92. The van der Waals surface area contributed by atoms with E-state index in [1.807, 2.05) is 32.0 Å². The van der Waals surface area contributed by atoms with E-state index in [1.54, 1.807) is 18.9 Å². The Kier molecular flexibility index (Phi) is 4.70. The Morgan fingerprint density at radius 2 is 2.06 bits per heavy atom. The first-order chi connectivity index (χ1) is 7.91. The lowest BCUT2D eigenvalue weighted by molar-refractivity contribution is 0.0768. The maximum absolute atomic E-state index is 12.1. The minimum atomic E-state index is -0.371. The maximum atomic E-state index is 12.1. The average Bonchev–Trinajstić information content (AvgIpc) is 2.25. The van der Waals surface area contributed by atoms with Crippen molar-refractivity contribution in [1.82, 2.24) is 4.90 Å². The third kappa shape index (κ3) is 3.86. The predicted molar refractivity (Wildman–Crippen MR) is 69.2 cm³/mol. The van der Waals surface area contributed by atoms with Gasteiger partial charge in [-0.2, -0.15) is 0 Å². The monoisotopic (exact) mass is 235 g/mol. The second kappa shape index (κ2) is 5.82. The van der Waals surface area contributed by atoms with Crippen LogP contribution >= 0.6 is 0 Å². The third-order valence-electron chi connectivity index (χ3n) is 2.84. The number of hydrogen-bond acceptors (Lipinski definition) is 2. The topological polar surface area (TPSA) is 40.5 Å². The second-order valence-corrected chi connectivity index (χ2v) is 4.68. The van der Waals surface area contributed by atoms with Gasteiger partial charge in [-0.15, -0.1) is 0 Å². The molecule has 1 rings (SSSR count). The maximum Gasteiger partial charge on any atom is 0.253 e. The SMILES string of the molecule is Cc1ccc(C(=O)N(C)CCC(C)O)c(C)c1. The molecule has 0 radical (unpaired) electrons. The van der Waals surface area contributed by atoms with Crippen LogP contribution < -0.4 is 0 Å². The van der Waals surface area contributed by atoms with Crippen LogP contribution in [0.5, 0.6) is 0 Å². The molecule has 1 atom stereocenters. The van der Waals surface area contributed by atoms with Gasteiger partial charge < -0.3 is 10.0 Å². The summed E-state index contributed by atoms with van der Waals surface area (Å²) in [5.74, 6) is 0.0168. The Labute approximate surface area is 103 Å². The predicted octanol–water partition coefficient (Wildman–Crippen LogP) is 2.15. The van der Waals surface area contributed by atoms with Gasteiger partial charge in [-0.05, 0) is 38.8 Å². The van der Waals surface area contributed by atoms with E-state index >= 15 is 0 Å². The van der Waals surface area contributed by atoms with E-state index in [-0.39, 0.29) is 12.0 Å². The fraction of sp³-hybridized carbons (Fsp3) is 0.500. The van der Waals surface area contributed by atoms with Crippen molar-refractivity contribution in [2.45, 2.75) is 33.3 Å². The largest absolute Gasteiger partial charge is 0.393 e. The summed E-state index contributed by atoms with van der Waals surface area (Å²) < 4.78 is 0. The Bertz CT molecular complexity index is 399. The molecule has 1 aromatic carbocycles. The van der Waals surface area contributed by atoms with Crippen molar-refractivity contribution in [2.75, 3.05) is 13.6 Å². The van der Waals surface area contributed by atoms with E-state index < -0.39 is 0 Å². The third-order valence-corrected chi connectivity index (χ3v) is 2.84. The minimum absolute atomic E-state index is 0.0168. The summed E-state index contributed by atoms with van der Waals surface area (Å²) in [6, 6.07) is 5.82. The summed E-state index contributed by atoms with van der Waals surface area (Å²) in [6.45, 7) is 6.26. The van der Waals surface area contributed by atoms with Crippen LogP contribution in [-0.4, -0.2) is 35.6 Å². The number of hydrogen-bond donors (Lipinski definition) is 1. The first kappa shape index (κ1) is 13.7. The van der Waals surface area contributed by atoms with Crippen LogP contribution in [0.3, 0.4) is 0 Å². The number of nitrogens with zero attached hydrogens (tertiary/aromatic N) is 1. The van der Waals surface area contributed by atoms with Crippen LogP contribution in [0.4, 0.5) is 0 Å². The van der Waals surface area contributed by atoms with Gasteiger partial charge in [-0.25, -0.2) is 0 Å². The van der Waals surface area contributed by atoms with Crippen LogP contribution in [0.2, 0.25) is 0 Å². The fourth-order valence-electron chi connectivity index (χ4n) is 1.74. The number of aliphatic hydroxyl groups is 1. The van der Waals surface area contributed by atoms with Crippen molar-refractivity contribution in [1.29, 1.82) is 0 Å². The Balaban J connectivity index is 2.75. The van der Waals surface area contributed by atoms with Crippen molar-refractivity contribution in [3.05, 3.63) is 34.9 Å². The van der Waals surface area contributed by atoms with Gasteiger partial charge >= 0.3 is 0 Å². The molecule has 0 aliphatic carbocycles. The lowest BCUT2D eigenvalue weighted by Crippen LogP contribution is -2.29. The molecule has 1 amide bonds. The number of carbonyl (C=O) groups excluding carboxylic acids is 1. The normalized spacial score (nSPS) is 12.3. The highest BCUT2D eigenvalue weighted by Gasteiger charge is 2.14. The molecular weight excluding hydrogens is 214 g/mol. The molecule has 0 aliphatic rings. The molecule has 3 nitrogen and oxygen atoms in total. The molecular formula is C14H21NO2. The standard InChI is InChI=1S/C14H21NO2/c1-10-5-6-13(11(2)9-10)14(17)15(4)8-7-12(3)16/h5-6,9,12,16H,7-8H2,1-4H3. The number of aryl methyl sites for hydroxylation is 2. The average molecular weight is 235 g/mol. The summed E-state index contributed by atoms with van der Waals surface area (Å²) in [5, 5.41) is 9.21. The highest BCUT2D eigenvalue weighted by molar-refractivity contribution is 5.95. The molecule has 0 aliphatic heterocycles. The number of benzene rings is 1. The lowest BCUT2D eigenvalue weighted by Gasteiger charge is -2.19. The lowest BCUT2D eigenvalue weighted by atomic mass is 10.0. The van der Waals surface area contributed by atoms with E-state index in [9.17, 15) is 9.90 Å². The Morgan fingerprint density at radius 1 is 1.41 bits per heavy atom. The summed E-state index contributed by atoms with van der Waals surface area (Å²) in [7, 11) is 1.77. The van der Waals surface area contributed by atoms with E-state index in [4.69, 9.17) is 0 Å². The van der Waals surface area contributed by atoms with Gasteiger partial charge in [-0.1, -0.05) is 17.7 Å². The molecule has 0 saturated carbocycles. The molecule has 0 saturated heterocycles. The fourth-order valence-corrected chi connectivity index (χ4v) is 1.74. The molecule has 1 unspecified atom stereocenters. The molecule has 0 fully saturated rings. The summed E-state index contributed by atoms with van der Waals surface area (Å²) >= 11 is 0. The molecule has 1 aromatic rings. The molecule has 1 N–H and O–H groups in total. The van der Waals surface area contributed by atoms with Crippen molar-refractivity contribution >= 4 is 5.91 Å². The molecule has 0 aromatic heterocycles. The van der Waals surface area contributed by atoms with Gasteiger partial charge in [-0.3, -0.25) is 4.79 Å². The van der Waals surface area contributed by atoms with Crippen LogP contribution in [-0.2, 0) is 0 Å². The van der Waals surface area contributed by atoms with Gasteiger partial charge in [0.1, 0.15) is 0 Å². The van der Waals surface area contributed by atoms with Gasteiger partial charge in [0.2, 0.25) is 0 Å². The van der Waals surface area contributed by atoms with Gasteiger partial charge in [0.25, 0.3) is 5.91 Å². The van der Waals surface area contributed by atoms with E-state index in [0.717, 1.165) is 16.7 Å². The quantitative estimate of drug-likeness (QED) is 0.868. The molecule has 94 valence electrons. The number of aliphatic hydroxyl groups excluding tert-OH is 1. The molecule has 0 heterocycles. The van der Waals surface area contributed by atoms with E-state index in [0.29, 0.717) is 13.0 Å². The van der Waals surface area contributed by atoms with E-state index in [2.05, 4.69) is 0 Å². The Hall–Kier alpha value is -1.35. The zero-order chi connectivity index (χ0) is 13.0. The Morgan fingerprint density at radius 3 is 2.59 bits per heavy atom. The highest BCUT2D eigenvalue weighted by atomic mass is 16.3. The van der Waals surface area contributed by atoms with Gasteiger partial charge in [0.05, 0.1) is 6.10 Å². The molecule has 3 heteroatoms. The minimum Gasteiger partial charge on any atom is -0.393 e. The van der Waals surface area contributed by atoms with Crippen molar-refractivity contribution < 1.29 is 9.90 Å².